The highest BCUT2D eigenvalue weighted by atomic mass is 32.2. The van der Waals surface area contributed by atoms with Crippen molar-refractivity contribution in [3.63, 3.8) is 0 Å². The monoisotopic (exact) mass is 382 g/mol. The minimum absolute atomic E-state index is 0.383. The Morgan fingerprint density at radius 2 is 1.23 bits per heavy atom. The maximum absolute atomic E-state index is 12.8. The van der Waals surface area contributed by atoms with Gasteiger partial charge in [-0.3, -0.25) is 0 Å². The Hall–Kier alpha value is -1.03. The molecule has 0 saturated heterocycles. The smallest absolute Gasteiger partial charge is 0.312 e. The molecule has 150 valence electrons. The van der Waals surface area contributed by atoms with Crippen molar-refractivity contribution in [3.8, 4) is 5.75 Å². The Bertz CT molecular complexity index is 564. The molecule has 1 rings (SSSR count). The summed E-state index contributed by atoms with van der Waals surface area (Å²) in [6.07, 6.45) is 12.9. The van der Waals surface area contributed by atoms with E-state index in [1.165, 1.54) is 32.1 Å². The second-order valence-corrected chi connectivity index (χ2v) is 9.24. The Morgan fingerprint density at radius 1 is 0.769 bits per heavy atom. The van der Waals surface area contributed by atoms with Crippen LogP contribution in [0.3, 0.4) is 0 Å². The molecule has 0 aromatic heterocycles. The third-order valence-electron chi connectivity index (χ3n) is 4.90. The molecule has 1 atom stereocenters. The largest absolute Gasteiger partial charge is 0.382 e. The van der Waals surface area contributed by atoms with Gasteiger partial charge in [0.15, 0.2) is 0 Å². The SMILES string of the molecule is CCCCCCCCC(CCCCCC)S(=O)(=O)Oc1ccc(C)cc1. The zero-order valence-electron chi connectivity index (χ0n) is 17.0. The topological polar surface area (TPSA) is 43.4 Å². The maximum Gasteiger partial charge on any atom is 0.312 e. The van der Waals surface area contributed by atoms with Gasteiger partial charge in [0.1, 0.15) is 5.75 Å². The average molecular weight is 383 g/mol. The molecule has 0 bridgehead atoms. The van der Waals surface area contributed by atoms with Gasteiger partial charge in [0.25, 0.3) is 0 Å². The number of rotatable bonds is 15. The minimum Gasteiger partial charge on any atom is -0.382 e. The Morgan fingerprint density at radius 3 is 1.77 bits per heavy atom. The summed E-state index contributed by atoms with van der Waals surface area (Å²) in [6.45, 7) is 6.36. The van der Waals surface area contributed by atoms with Crippen molar-refractivity contribution in [3.05, 3.63) is 29.8 Å². The molecule has 0 radical (unpaired) electrons. The number of hydrogen-bond donors (Lipinski definition) is 0. The highest BCUT2D eigenvalue weighted by Crippen LogP contribution is 2.23. The van der Waals surface area contributed by atoms with E-state index in [0.717, 1.165) is 37.7 Å². The van der Waals surface area contributed by atoms with Crippen molar-refractivity contribution in [1.29, 1.82) is 0 Å². The summed E-state index contributed by atoms with van der Waals surface area (Å²) < 4.78 is 31.0. The van der Waals surface area contributed by atoms with Crippen LogP contribution in [0.5, 0.6) is 5.75 Å². The lowest BCUT2D eigenvalue weighted by atomic mass is 10.0. The highest BCUT2D eigenvalue weighted by Gasteiger charge is 2.26. The number of unbranched alkanes of at least 4 members (excludes halogenated alkanes) is 8. The van der Waals surface area contributed by atoms with Crippen LogP contribution in [0.25, 0.3) is 0 Å². The summed E-state index contributed by atoms with van der Waals surface area (Å²) in [5, 5.41) is -0.383. The number of benzene rings is 1. The van der Waals surface area contributed by atoms with Gasteiger partial charge in [-0.05, 0) is 31.9 Å². The molecule has 3 nitrogen and oxygen atoms in total. The van der Waals surface area contributed by atoms with Crippen LogP contribution in [-0.2, 0) is 10.1 Å². The minimum atomic E-state index is -3.57. The Balaban J connectivity index is 2.60. The van der Waals surface area contributed by atoms with E-state index in [-0.39, 0.29) is 5.25 Å². The van der Waals surface area contributed by atoms with Crippen LogP contribution < -0.4 is 4.18 Å². The van der Waals surface area contributed by atoms with Gasteiger partial charge in [-0.2, -0.15) is 8.42 Å². The van der Waals surface area contributed by atoms with E-state index in [4.69, 9.17) is 4.18 Å². The van der Waals surface area contributed by atoms with Crippen molar-refractivity contribution >= 4 is 10.1 Å². The Kier molecular flexibility index (Phi) is 11.7. The summed E-state index contributed by atoms with van der Waals surface area (Å²) >= 11 is 0. The van der Waals surface area contributed by atoms with E-state index in [2.05, 4.69) is 13.8 Å². The van der Waals surface area contributed by atoms with Crippen LogP contribution >= 0.6 is 0 Å². The molecule has 0 heterocycles. The first-order valence-electron chi connectivity index (χ1n) is 10.5. The average Bonchev–Trinajstić information content (AvgIpc) is 2.61. The fourth-order valence-electron chi connectivity index (χ4n) is 3.18. The summed E-state index contributed by atoms with van der Waals surface area (Å²) in [5.74, 6) is 0.428. The molecule has 4 heteroatoms. The van der Waals surface area contributed by atoms with Gasteiger partial charge in [-0.1, -0.05) is 95.8 Å². The number of aryl methyl sites for hydroxylation is 1. The van der Waals surface area contributed by atoms with E-state index in [1.807, 2.05) is 19.1 Å². The second-order valence-electron chi connectivity index (χ2n) is 7.42. The molecule has 26 heavy (non-hydrogen) atoms. The van der Waals surface area contributed by atoms with E-state index >= 15 is 0 Å². The summed E-state index contributed by atoms with van der Waals surface area (Å²) in [5.41, 5.74) is 1.10. The van der Waals surface area contributed by atoms with Crippen molar-refractivity contribution in [2.45, 2.75) is 103 Å². The van der Waals surface area contributed by atoms with Gasteiger partial charge in [0, 0.05) is 0 Å². The van der Waals surface area contributed by atoms with Crippen molar-refractivity contribution < 1.29 is 12.6 Å². The van der Waals surface area contributed by atoms with Gasteiger partial charge < -0.3 is 4.18 Å². The molecule has 1 unspecified atom stereocenters. The van der Waals surface area contributed by atoms with E-state index in [0.29, 0.717) is 18.6 Å². The summed E-state index contributed by atoms with van der Waals surface area (Å²) in [6, 6.07) is 7.25. The van der Waals surface area contributed by atoms with Crippen LogP contribution in [0.15, 0.2) is 24.3 Å². The normalized spacial score (nSPS) is 12.9. The summed E-state index contributed by atoms with van der Waals surface area (Å²) in [4.78, 5) is 0. The molecule has 0 amide bonds. The van der Waals surface area contributed by atoms with Crippen LogP contribution in [0.2, 0.25) is 0 Å². The van der Waals surface area contributed by atoms with Gasteiger partial charge in [-0.25, -0.2) is 0 Å². The Labute approximate surface area is 161 Å². The second kappa shape index (κ2) is 13.2. The first-order chi connectivity index (χ1) is 12.5. The highest BCUT2D eigenvalue weighted by molar-refractivity contribution is 7.87. The standard InChI is InChI=1S/C22H38O3S/c1-4-6-8-10-11-13-15-22(14-12-9-7-5-2)26(23,24)25-21-18-16-20(3)17-19-21/h16-19,22H,4-15H2,1-3H3. The van der Waals surface area contributed by atoms with Crippen molar-refractivity contribution in [1.82, 2.24) is 0 Å². The van der Waals surface area contributed by atoms with E-state index in [9.17, 15) is 8.42 Å². The lowest BCUT2D eigenvalue weighted by Gasteiger charge is -2.18. The zero-order chi connectivity index (χ0) is 19.3. The van der Waals surface area contributed by atoms with Gasteiger partial charge >= 0.3 is 10.1 Å². The maximum atomic E-state index is 12.8. The molecule has 1 aromatic rings. The third kappa shape index (κ3) is 9.61. The van der Waals surface area contributed by atoms with Gasteiger partial charge in [0.05, 0.1) is 5.25 Å². The molecule has 0 spiro atoms. The predicted molar refractivity (Wildman–Crippen MR) is 111 cm³/mol. The van der Waals surface area contributed by atoms with Crippen LogP contribution in [0, 0.1) is 6.92 Å². The predicted octanol–water partition coefficient (Wildman–Crippen LogP) is 6.79. The van der Waals surface area contributed by atoms with Crippen molar-refractivity contribution in [2.75, 3.05) is 0 Å². The molecular formula is C22H38O3S. The molecule has 0 aliphatic carbocycles. The molecular weight excluding hydrogens is 344 g/mol. The lowest BCUT2D eigenvalue weighted by molar-refractivity contribution is 0.447. The fraction of sp³-hybridized carbons (Fsp3) is 0.727. The first kappa shape index (κ1) is 23.0. The number of hydrogen-bond acceptors (Lipinski definition) is 3. The van der Waals surface area contributed by atoms with E-state index < -0.39 is 10.1 Å². The molecule has 0 aliphatic rings. The lowest BCUT2D eigenvalue weighted by Crippen LogP contribution is -2.26. The first-order valence-corrected chi connectivity index (χ1v) is 12.0. The zero-order valence-corrected chi connectivity index (χ0v) is 17.8. The molecule has 0 saturated carbocycles. The molecule has 0 aliphatic heterocycles. The third-order valence-corrected chi connectivity index (χ3v) is 6.61. The fourth-order valence-corrected chi connectivity index (χ4v) is 4.61. The van der Waals surface area contributed by atoms with E-state index in [1.54, 1.807) is 12.1 Å². The van der Waals surface area contributed by atoms with Crippen LogP contribution in [-0.4, -0.2) is 13.7 Å². The summed E-state index contributed by atoms with van der Waals surface area (Å²) in [7, 11) is -3.57. The van der Waals surface area contributed by atoms with Crippen molar-refractivity contribution in [2.24, 2.45) is 0 Å². The quantitative estimate of drug-likeness (QED) is 0.248. The van der Waals surface area contributed by atoms with Crippen LogP contribution in [0.1, 0.15) is 96.5 Å². The molecule has 1 aromatic carbocycles. The molecule has 0 N–H and O–H groups in total. The van der Waals surface area contributed by atoms with Gasteiger partial charge in [-0.15, -0.1) is 0 Å². The van der Waals surface area contributed by atoms with Crippen LogP contribution in [0.4, 0.5) is 0 Å². The molecule has 0 fully saturated rings. The van der Waals surface area contributed by atoms with Gasteiger partial charge in [0.2, 0.25) is 0 Å².